The summed E-state index contributed by atoms with van der Waals surface area (Å²) in [4.78, 5) is 20.4. The minimum absolute atomic E-state index is 0.112. The molecule has 138 valence electrons. The minimum Gasteiger partial charge on any atom is -0.475 e. The molecule has 0 aromatic carbocycles. The number of amides is 1. The van der Waals surface area contributed by atoms with Crippen LogP contribution in [0.15, 0.2) is 23.3 Å². The summed E-state index contributed by atoms with van der Waals surface area (Å²) in [6.07, 6.45) is 3.94. The Kier molecular flexibility index (Phi) is 7.50. The third kappa shape index (κ3) is 7.41. The van der Waals surface area contributed by atoms with Gasteiger partial charge < -0.3 is 20.7 Å². The smallest absolute Gasteiger partial charge is 0.223 e. The molecule has 0 atom stereocenters. The SMILES string of the molecule is CCNC(=NCc1ccc(OC(C)C)nc1)NCCNC(=O)C1CC1. The van der Waals surface area contributed by atoms with Crippen molar-refractivity contribution in [2.75, 3.05) is 19.6 Å². The van der Waals surface area contributed by atoms with Gasteiger partial charge in [-0.15, -0.1) is 0 Å². The van der Waals surface area contributed by atoms with E-state index in [4.69, 9.17) is 4.74 Å². The van der Waals surface area contributed by atoms with Crippen molar-refractivity contribution in [3.8, 4) is 5.88 Å². The molecule has 1 heterocycles. The maximum absolute atomic E-state index is 11.6. The van der Waals surface area contributed by atoms with Crippen LogP contribution in [0.3, 0.4) is 0 Å². The molecule has 1 fully saturated rings. The zero-order valence-corrected chi connectivity index (χ0v) is 15.3. The van der Waals surface area contributed by atoms with E-state index in [1.807, 2.05) is 32.9 Å². The Labute approximate surface area is 149 Å². The normalized spacial score (nSPS) is 14.3. The van der Waals surface area contributed by atoms with Crippen molar-refractivity contribution in [3.63, 3.8) is 0 Å². The zero-order chi connectivity index (χ0) is 18.1. The first-order valence-corrected chi connectivity index (χ1v) is 9.00. The van der Waals surface area contributed by atoms with Crippen LogP contribution in [-0.4, -0.2) is 42.6 Å². The zero-order valence-electron chi connectivity index (χ0n) is 15.3. The first kappa shape index (κ1) is 19.0. The molecule has 1 saturated carbocycles. The van der Waals surface area contributed by atoms with Crippen molar-refractivity contribution in [3.05, 3.63) is 23.9 Å². The lowest BCUT2D eigenvalue weighted by molar-refractivity contribution is -0.122. The highest BCUT2D eigenvalue weighted by Crippen LogP contribution is 2.28. The van der Waals surface area contributed by atoms with Crippen LogP contribution in [0.1, 0.15) is 39.2 Å². The summed E-state index contributed by atoms with van der Waals surface area (Å²) in [5.74, 6) is 1.76. The van der Waals surface area contributed by atoms with Gasteiger partial charge in [0.25, 0.3) is 0 Å². The van der Waals surface area contributed by atoms with E-state index in [1.54, 1.807) is 6.20 Å². The van der Waals surface area contributed by atoms with Crippen LogP contribution in [0.4, 0.5) is 0 Å². The number of pyridine rings is 1. The average molecular weight is 347 g/mol. The molecule has 0 radical (unpaired) electrons. The summed E-state index contributed by atoms with van der Waals surface area (Å²) >= 11 is 0. The molecular weight excluding hydrogens is 318 g/mol. The molecule has 3 N–H and O–H groups in total. The van der Waals surface area contributed by atoms with Crippen LogP contribution < -0.4 is 20.7 Å². The number of carbonyl (C=O) groups is 1. The van der Waals surface area contributed by atoms with E-state index in [0.29, 0.717) is 25.5 Å². The van der Waals surface area contributed by atoms with Gasteiger partial charge in [0.05, 0.1) is 12.6 Å². The third-order valence-corrected chi connectivity index (χ3v) is 3.58. The molecule has 0 bridgehead atoms. The van der Waals surface area contributed by atoms with Crippen molar-refractivity contribution in [1.82, 2.24) is 20.9 Å². The number of nitrogens with one attached hydrogen (secondary N) is 3. The first-order valence-electron chi connectivity index (χ1n) is 9.00. The Bertz CT molecular complexity index is 567. The Morgan fingerprint density at radius 2 is 2.04 bits per heavy atom. The number of hydrogen-bond donors (Lipinski definition) is 3. The molecule has 1 amide bonds. The highest BCUT2D eigenvalue weighted by molar-refractivity contribution is 5.81. The quantitative estimate of drug-likeness (QED) is 0.357. The van der Waals surface area contributed by atoms with Crippen molar-refractivity contribution < 1.29 is 9.53 Å². The highest BCUT2D eigenvalue weighted by atomic mass is 16.5. The summed E-state index contributed by atoms with van der Waals surface area (Å²) in [5.41, 5.74) is 1.01. The molecule has 2 rings (SSSR count). The Hall–Kier alpha value is -2.31. The molecule has 1 aromatic rings. The van der Waals surface area contributed by atoms with E-state index in [2.05, 4.69) is 25.9 Å². The average Bonchev–Trinajstić information content (AvgIpc) is 3.42. The van der Waals surface area contributed by atoms with E-state index < -0.39 is 0 Å². The number of aromatic nitrogens is 1. The van der Waals surface area contributed by atoms with Gasteiger partial charge in [0.2, 0.25) is 11.8 Å². The molecule has 7 heteroatoms. The maximum atomic E-state index is 11.6. The van der Waals surface area contributed by atoms with E-state index in [1.165, 1.54) is 0 Å². The molecule has 0 saturated heterocycles. The second kappa shape index (κ2) is 9.86. The minimum atomic E-state index is 0.112. The Balaban J connectivity index is 1.76. The van der Waals surface area contributed by atoms with E-state index >= 15 is 0 Å². The van der Waals surface area contributed by atoms with E-state index in [0.717, 1.165) is 30.9 Å². The van der Waals surface area contributed by atoms with Crippen LogP contribution in [0.2, 0.25) is 0 Å². The van der Waals surface area contributed by atoms with Crippen LogP contribution >= 0.6 is 0 Å². The third-order valence-electron chi connectivity index (χ3n) is 3.58. The monoisotopic (exact) mass is 347 g/mol. The van der Waals surface area contributed by atoms with Crippen LogP contribution in [0.5, 0.6) is 5.88 Å². The number of hydrogen-bond acceptors (Lipinski definition) is 4. The van der Waals surface area contributed by atoms with Crippen molar-refractivity contribution in [2.24, 2.45) is 10.9 Å². The predicted molar refractivity (Wildman–Crippen MR) is 98.6 cm³/mol. The van der Waals surface area contributed by atoms with Gasteiger partial charge in [-0.2, -0.15) is 0 Å². The van der Waals surface area contributed by atoms with Crippen LogP contribution in [0, 0.1) is 5.92 Å². The van der Waals surface area contributed by atoms with Crippen LogP contribution in [0.25, 0.3) is 0 Å². The molecular formula is C18H29N5O2. The van der Waals surface area contributed by atoms with Gasteiger partial charge in [0.1, 0.15) is 0 Å². The Morgan fingerprint density at radius 1 is 1.28 bits per heavy atom. The predicted octanol–water partition coefficient (Wildman–Crippen LogP) is 1.45. The molecule has 25 heavy (non-hydrogen) atoms. The van der Waals surface area contributed by atoms with Gasteiger partial charge in [0.15, 0.2) is 5.96 Å². The standard InChI is InChI=1S/C18H29N5O2/c1-4-19-18(21-10-9-20-17(24)15-6-7-15)23-12-14-5-8-16(22-11-14)25-13(2)3/h5,8,11,13,15H,4,6-7,9-10,12H2,1-3H3,(H,20,24)(H2,19,21,23). The molecule has 0 aliphatic heterocycles. The number of guanidine groups is 1. The van der Waals surface area contributed by atoms with Crippen molar-refractivity contribution in [2.45, 2.75) is 46.3 Å². The first-order chi connectivity index (χ1) is 12.1. The largest absolute Gasteiger partial charge is 0.475 e. The fraction of sp³-hybridized carbons (Fsp3) is 0.611. The Morgan fingerprint density at radius 3 is 2.64 bits per heavy atom. The van der Waals surface area contributed by atoms with Crippen LogP contribution in [-0.2, 0) is 11.3 Å². The molecule has 1 aliphatic carbocycles. The summed E-state index contributed by atoms with van der Waals surface area (Å²) < 4.78 is 5.53. The molecule has 0 unspecified atom stereocenters. The number of nitrogens with zero attached hydrogens (tertiary/aromatic N) is 2. The summed E-state index contributed by atoms with van der Waals surface area (Å²) in [6.45, 7) is 8.51. The van der Waals surface area contributed by atoms with E-state index in [9.17, 15) is 4.79 Å². The number of aliphatic imine (C=N–C) groups is 1. The highest BCUT2D eigenvalue weighted by Gasteiger charge is 2.28. The lowest BCUT2D eigenvalue weighted by Crippen LogP contribution is -2.41. The van der Waals surface area contributed by atoms with E-state index in [-0.39, 0.29) is 17.9 Å². The fourth-order valence-electron chi connectivity index (χ4n) is 2.18. The summed E-state index contributed by atoms with van der Waals surface area (Å²) in [6, 6.07) is 3.83. The van der Waals surface area contributed by atoms with Gasteiger partial charge in [-0.05, 0) is 39.2 Å². The second-order valence-corrected chi connectivity index (χ2v) is 6.36. The van der Waals surface area contributed by atoms with Crippen molar-refractivity contribution >= 4 is 11.9 Å². The number of carbonyl (C=O) groups excluding carboxylic acids is 1. The van der Waals surface area contributed by atoms with Gasteiger partial charge in [-0.3, -0.25) is 4.79 Å². The fourth-order valence-corrected chi connectivity index (χ4v) is 2.18. The maximum Gasteiger partial charge on any atom is 0.223 e. The molecule has 1 aromatic heterocycles. The summed E-state index contributed by atoms with van der Waals surface area (Å²) in [5, 5.41) is 9.35. The van der Waals surface area contributed by atoms with Gasteiger partial charge >= 0.3 is 0 Å². The second-order valence-electron chi connectivity index (χ2n) is 6.36. The molecule has 7 nitrogen and oxygen atoms in total. The molecule has 0 spiro atoms. The van der Waals surface area contributed by atoms with Gasteiger partial charge in [0, 0.05) is 37.8 Å². The number of ether oxygens (including phenoxy) is 1. The summed E-state index contributed by atoms with van der Waals surface area (Å²) in [7, 11) is 0. The molecule has 1 aliphatic rings. The number of rotatable bonds is 9. The van der Waals surface area contributed by atoms with Crippen molar-refractivity contribution in [1.29, 1.82) is 0 Å². The lowest BCUT2D eigenvalue weighted by Gasteiger charge is -2.12. The van der Waals surface area contributed by atoms with Gasteiger partial charge in [-0.1, -0.05) is 6.07 Å². The lowest BCUT2D eigenvalue weighted by atomic mass is 10.3. The topological polar surface area (TPSA) is 87.6 Å². The van der Waals surface area contributed by atoms with Gasteiger partial charge in [-0.25, -0.2) is 9.98 Å².